The first-order valence-corrected chi connectivity index (χ1v) is 9.05. The molecule has 6 heteroatoms. The minimum Gasteiger partial charge on any atom is -0.493 e. The number of benzene rings is 1. The number of hydrogen-bond acceptors (Lipinski definition) is 4. The summed E-state index contributed by atoms with van der Waals surface area (Å²) in [5.74, 6) is 1.43. The van der Waals surface area contributed by atoms with Crippen LogP contribution in [0.25, 0.3) is 0 Å². The Labute approximate surface area is 155 Å². The first-order chi connectivity index (χ1) is 11.7. The summed E-state index contributed by atoms with van der Waals surface area (Å²) in [4.78, 5) is 14.6. The number of rotatable bonds is 6. The molecule has 1 fully saturated rings. The summed E-state index contributed by atoms with van der Waals surface area (Å²) >= 11 is 6.37. The molecule has 2 rings (SSSR count). The first kappa shape index (κ1) is 19.9. The summed E-state index contributed by atoms with van der Waals surface area (Å²) in [6.07, 6.45) is 0.920. The van der Waals surface area contributed by atoms with Crippen LogP contribution in [-0.4, -0.2) is 49.8 Å². The van der Waals surface area contributed by atoms with Gasteiger partial charge in [0.1, 0.15) is 0 Å². The molecule has 1 heterocycles. The van der Waals surface area contributed by atoms with Crippen molar-refractivity contribution in [3.8, 4) is 11.5 Å². The second-order valence-electron chi connectivity index (χ2n) is 7.36. The van der Waals surface area contributed by atoms with E-state index in [-0.39, 0.29) is 11.5 Å². The molecular weight excluding hydrogens is 342 g/mol. The Morgan fingerprint density at radius 3 is 2.72 bits per heavy atom. The molecule has 25 heavy (non-hydrogen) atoms. The lowest BCUT2D eigenvalue weighted by Crippen LogP contribution is -2.50. The Bertz CT molecular complexity index is 616. The van der Waals surface area contributed by atoms with Crippen LogP contribution in [0.3, 0.4) is 0 Å². The van der Waals surface area contributed by atoms with Crippen molar-refractivity contribution in [2.45, 2.75) is 39.7 Å². The van der Waals surface area contributed by atoms with Gasteiger partial charge in [0, 0.05) is 18.7 Å². The Morgan fingerprint density at radius 2 is 2.12 bits per heavy atom. The summed E-state index contributed by atoms with van der Waals surface area (Å²) in [5.41, 5.74) is 0.151. The van der Waals surface area contributed by atoms with E-state index in [0.29, 0.717) is 54.3 Å². The van der Waals surface area contributed by atoms with Crippen LogP contribution in [-0.2, 0) is 4.74 Å². The van der Waals surface area contributed by atoms with Crippen LogP contribution in [0.15, 0.2) is 12.1 Å². The summed E-state index contributed by atoms with van der Waals surface area (Å²) in [5, 5.41) is 0.388. The molecule has 0 saturated carbocycles. The molecule has 0 aliphatic carbocycles. The zero-order chi connectivity index (χ0) is 18.6. The quantitative estimate of drug-likeness (QED) is 0.759. The topological polar surface area (TPSA) is 48.0 Å². The molecular formula is C19H28ClNO4. The van der Waals surface area contributed by atoms with E-state index in [1.54, 1.807) is 24.1 Å². The Morgan fingerprint density at radius 1 is 1.40 bits per heavy atom. The lowest BCUT2D eigenvalue weighted by molar-refractivity contribution is -0.0764. The van der Waals surface area contributed by atoms with Crippen molar-refractivity contribution in [2.24, 2.45) is 5.92 Å². The molecule has 1 amide bonds. The first-order valence-electron chi connectivity index (χ1n) is 8.67. The van der Waals surface area contributed by atoms with Gasteiger partial charge in [0.25, 0.3) is 5.91 Å². The van der Waals surface area contributed by atoms with Crippen molar-refractivity contribution in [2.75, 3.05) is 33.4 Å². The molecule has 1 saturated heterocycles. The van der Waals surface area contributed by atoms with Crippen LogP contribution in [0.1, 0.15) is 44.5 Å². The normalized spacial score (nSPS) is 16.8. The van der Waals surface area contributed by atoms with E-state index < -0.39 is 0 Å². The fourth-order valence-corrected chi connectivity index (χ4v) is 3.02. The molecule has 0 spiro atoms. The van der Waals surface area contributed by atoms with Crippen LogP contribution < -0.4 is 9.47 Å². The molecule has 1 aromatic rings. The molecule has 0 unspecified atom stereocenters. The Hall–Kier alpha value is -1.46. The summed E-state index contributed by atoms with van der Waals surface area (Å²) in [6, 6.07) is 3.35. The van der Waals surface area contributed by atoms with Crippen LogP contribution in [0.2, 0.25) is 5.02 Å². The maximum absolute atomic E-state index is 12.8. The Kier molecular flexibility index (Phi) is 6.58. The number of nitrogens with zero attached hydrogens (tertiary/aromatic N) is 1. The standard InChI is InChI=1S/C19H28ClNO4/c1-13(2)6-8-24-17-15(20)10-14(11-16(17)23-5)18(22)21-7-9-25-19(3,4)12-21/h10-11,13H,6-9,12H2,1-5H3. The second kappa shape index (κ2) is 8.28. The van der Waals surface area contributed by atoms with E-state index >= 15 is 0 Å². The number of carbonyl (C=O) groups is 1. The lowest BCUT2D eigenvalue weighted by atomic mass is 10.1. The van der Waals surface area contributed by atoms with Gasteiger partial charge in [-0.05, 0) is 38.3 Å². The fourth-order valence-electron chi connectivity index (χ4n) is 2.75. The maximum Gasteiger partial charge on any atom is 0.254 e. The van der Waals surface area contributed by atoms with Crippen molar-refractivity contribution < 1.29 is 19.0 Å². The number of hydrogen-bond donors (Lipinski definition) is 0. The minimum atomic E-state index is -0.346. The predicted octanol–water partition coefficient (Wildman–Crippen LogP) is 4.02. The predicted molar refractivity (Wildman–Crippen MR) is 98.9 cm³/mol. The van der Waals surface area contributed by atoms with Crippen molar-refractivity contribution in [3.05, 3.63) is 22.7 Å². The van der Waals surface area contributed by atoms with Crippen molar-refractivity contribution in [1.82, 2.24) is 4.90 Å². The molecule has 0 bridgehead atoms. The van der Waals surface area contributed by atoms with E-state index in [9.17, 15) is 4.79 Å². The molecule has 140 valence electrons. The summed E-state index contributed by atoms with van der Waals surface area (Å²) in [6.45, 7) is 10.4. The summed E-state index contributed by atoms with van der Waals surface area (Å²) in [7, 11) is 1.55. The van der Waals surface area contributed by atoms with Gasteiger partial charge < -0.3 is 19.1 Å². The summed E-state index contributed by atoms with van der Waals surface area (Å²) < 4.78 is 16.8. The van der Waals surface area contributed by atoms with E-state index in [0.717, 1.165) is 6.42 Å². The van der Waals surface area contributed by atoms with E-state index in [4.69, 9.17) is 25.8 Å². The monoisotopic (exact) mass is 369 g/mol. The lowest BCUT2D eigenvalue weighted by Gasteiger charge is -2.38. The Balaban J connectivity index is 2.19. The number of halogens is 1. The van der Waals surface area contributed by atoms with Crippen LogP contribution >= 0.6 is 11.6 Å². The van der Waals surface area contributed by atoms with Crippen LogP contribution in [0, 0.1) is 5.92 Å². The number of ether oxygens (including phenoxy) is 3. The highest BCUT2D eigenvalue weighted by atomic mass is 35.5. The zero-order valence-electron chi connectivity index (χ0n) is 15.7. The number of amides is 1. The van der Waals surface area contributed by atoms with Gasteiger partial charge in [0.05, 0.1) is 30.9 Å². The molecule has 1 aliphatic rings. The highest BCUT2D eigenvalue weighted by molar-refractivity contribution is 6.32. The smallest absolute Gasteiger partial charge is 0.254 e. The van der Waals surface area contributed by atoms with Gasteiger partial charge in [-0.25, -0.2) is 0 Å². The third-order valence-corrected chi connectivity index (χ3v) is 4.41. The van der Waals surface area contributed by atoms with Gasteiger partial charge in [-0.1, -0.05) is 25.4 Å². The molecule has 5 nitrogen and oxygen atoms in total. The van der Waals surface area contributed by atoms with Crippen molar-refractivity contribution in [1.29, 1.82) is 0 Å². The molecule has 0 aromatic heterocycles. The average Bonchev–Trinajstić information content (AvgIpc) is 2.54. The number of carbonyl (C=O) groups excluding carboxylic acids is 1. The second-order valence-corrected chi connectivity index (χ2v) is 7.76. The third-order valence-electron chi connectivity index (χ3n) is 4.13. The molecule has 0 atom stereocenters. The SMILES string of the molecule is COc1cc(C(=O)N2CCOC(C)(C)C2)cc(Cl)c1OCCC(C)C. The number of methoxy groups -OCH3 is 1. The molecule has 1 aliphatic heterocycles. The van der Waals surface area contributed by atoms with E-state index in [1.807, 2.05) is 13.8 Å². The zero-order valence-corrected chi connectivity index (χ0v) is 16.5. The minimum absolute atomic E-state index is 0.0784. The van der Waals surface area contributed by atoms with Crippen molar-refractivity contribution in [3.63, 3.8) is 0 Å². The van der Waals surface area contributed by atoms with Crippen LogP contribution in [0.4, 0.5) is 0 Å². The van der Waals surface area contributed by atoms with Gasteiger partial charge in [-0.2, -0.15) is 0 Å². The van der Waals surface area contributed by atoms with E-state index in [2.05, 4.69) is 13.8 Å². The van der Waals surface area contributed by atoms with E-state index in [1.165, 1.54) is 0 Å². The van der Waals surface area contributed by atoms with Gasteiger partial charge in [-0.3, -0.25) is 4.79 Å². The highest BCUT2D eigenvalue weighted by Gasteiger charge is 2.31. The largest absolute Gasteiger partial charge is 0.493 e. The average molecular weight is 370 g/mol. The third kappa shape index (κ3) is 5.25. The molecule has 1 aromatic carbocycles. The molecule has 0 N–H and O–H groups in total. The maximum atomic E-state index is 12.8. The van der Waals surface area contributed by atoms with Crippen molar-refractivity contribution >= 4 is 17.5 Å². The van der Waals surface area contributed by atoms with Gasteiger partial charge in [-0.15, -0.1) is 0 Å². The van der Waals surface area contributed by atoms with Gasteiger partial charge in [0.15, 0.2) is 11.5 Å². The van der Waals surface area contributed by atoms with Gasteiger partial charge >= 0.3 is 0 Å². The number of morpholine rings is 1. The highest BCUT2D eigenvalue weighted by Crippen LogP contribution is 2.37. The fraction of sp³-hybridized carbons (Fsp3) is 0.632. The van der Waals surface area contributed by atoms with Crippen LogP contribution in [0.5, 0.6) is 11.5 Å². The molecule has 0 radical (unpaired) electrons. The van der Waals surface area contributed by atoms with Gasteiger partial charge in [0.2, 0.25) is 0 Å².